The molecule has 0 aliphatic rings. The number of alkyl carbamates (subject to hydrolysis) is 1. The molecule has 2 unspecified atom stereocenters. The lowest BCUT2D eigenvalue weighted by Gasteiger charge is -2.31. The summed E-state index contributed by atoms with van der Waals surface area (Å²) < 4.78 is 40.9. The van der Waals surface area contributed by atoms with Crippen LogP contribution >= 0.6 is 0 Å². The van der Waals surface area contributed by atoms with Crippen LogP contribution < -0.4 is 21.3 Å². The molecule has 44 heavy (non-hydrogen) atoms. The van der Waals surface area contributed by atoms with Gasteiger partial charge < -0.3 is 30.7 Å². The SMILES string of the molecule is CCC(C)[C@H](NC(=O)[C@@H](NC(=O)C(F)(F)C(=O)[C@@H](NC(=O)[C@@H](NC(=O)OC(C)(C)C)C(C)C)C(C)CC)C(C)C)C(=O)OC. The van der Waals surface area contributed by atoms with Crippen LogP contribution in [-0.4, -0.2) is 78.4 Å². The van der Waals surface area contributed by atoms with E-state index in [1.165, 1.54) is 20.8 Å². The van der Waals surface area contributed by atoms with Gasteiger partial charge in [0.1, 0.15) is 23.7 Å². The second-order valence-electron chi connectivity index (χ2n) is 12.8. The minimum absolute atomic E-state index is 0.182. The van der Waals surface area contributed by atoms with Crippen LogP contribution in [0.1, 0.15) is 89.0 Å². The Hall–Kier alpha value is -3.32. The molecule has 6 atom stereocenters. The van der Waals surface area contributed by atoms with Crippen molar-refractivity contribution in [3.63, 3.8) is 0 Å². The highest BCUT2D eigenvalue weighted by molar-refractivity contribution is 6.11. The molecule has 0 saturated carbocycles. The quantitative estimate of drug-likeness (QED) is 0.148. The smallest absolute Gasteiger partial charge is 0.408 e. The summed E-state index contributed by atoms with van der Waals surface area (Å²) >= 11 is 0. The highest BCUT2D eigenvalue weighted by atomic mass is 19.3. The minimum atomic E-state index is -4.65. The molecule has 14 heteroatoms. The normalized spacial score (nSPS) is 16.1. The van der Waals surface area contributed by atoms with E-state index in [0.29, 0.717) is 6.42 Å². The minimum Gasteiger partial charge on any atom is -0.467 e. The van der Waals surface area contributed by atoms with Gasteiger partial charge in [-0.05, 0) is 44.4 Å². The molecule has 12 nitrogen and oxygen atoms in total. The predicted octanol–water partition coefficient (Wildman–Crippen LogP) is 3.12. The number of carbonyl (C=O) groups is 6. The number of hydrogen-bond acceptors (Lipinski definition) is 8. The van der Waals surface area contributed by atoms with Gasteiger partial charge in [-0.15, -0.1) is 0 Å². The molecule has 0 aliphatic heterocycles. The van der Waals surface area contributed by atoms with Gasteiger partial charge in [-0.25, -0.2) is 9.59 Å². The van der Waals surface area contributed by atoms with Crippen LogP contribution in [0.15, 0.2) is 0 Å². The van der Waals surface area contributed by atoms with Gasteiger partial charge in [0.05, 0.1) is 13.2 Å². The van der Waals surface area contributed by atoms with E-state index in [1.807, 2.05) is 5.32 Å². The van der Waals surface area contributed by atoms with Crippen LogP contribution in [0.3, 0.4) is 0 Å². The second-order valence-corrected chi connectivity index (χ2v) is 12.8. The van der Waals surface area contributed by atoms with Crippen molar-refractivity contribution in [1.29, 1.82) is 0 Å². The first-order chi connectivity index (χ1) is 20.0. The number of esters is 1. The first kappa shape index (κ1) is 40.7. The number of alkyl halides is 2. The fourth-order valence-corrected chi connectivity index (χ4v) is 4.03. The lowest BCUT2D eigenvalue weighted by atomic mass is 9.90. The average Bonchev–Trinajstić information content (AvgIpc) is 2.92. The third-order valence-corrected chi connectivity index (χ3v) is 7.21. The molecule has 0 fully saturated rings. The Bertz CT molecular complexity index is 1030. The van der Waals surface area contributed by atoms with Gasteiger partial charge in [-0.1, -0.05) is 68.2 Å². The van der Waals surface area contributed by atoms with E-state index < -0.39 is 89.0 Å². The first-order valence-electron chi connectivity index (χ1n) is 15.0. The Morgan fingerprint density at radius 1 is 0.659 bits per heavy atom. The molecule has 0 bridgehead atoms. The molecule has 0 aromatic carbocycles. The highest BCUT2D eigenvalue weighted by Crippen LogP contribution is 2.23. The average molecular weight is 635 g/mol. The number of amides is 4. The molecular weight excluding hydrogens is 582 g/mol. The molecule has 0 radical (unpaired) electrons. The molecular formula is C30H52F2N4O8. The maximum absolute atomic E-state index is 15.5. The first-order valence-corrected chi connectivity index (χ1v) is 15.0. The number of Topliss-reactive ketones (excluding diaryl/α,β-unsaturated/α-hetero) is 1. The third-order valence-electron chi connectivity index (χ3n) is 7.21. The van der Waals surface area contributed by atoms with Gasteiger partial charge >= 0.3 is 18.0 Å². The predicted molar refractivity (Wildman–Crippen MR) is 160 cm³/mol. The van der Waals surface area contributed by atoms with Gasteiger partial charge in [0.2, 0.25) is 17.6 Å². The number of methoxy groups -OCH3 is 1. The summed E-state index contributed by atoms with van der Waals surface area (Å²) in [5.41, 5.74) is -0.869. The molecule has 254 valence electrons. The number of carbonyl (C=O) groups excluding carboxylic acids is 6. The Labute approximate surface area is 259 Å². The van der Waals surface area contributed by atoms with Crippen LogP contribution in [0, 0.1) is 23.7 Å². The Kier molecular flexibility index (Phi) is 15.9. The Balaban J connectivity index is 6.08. The lowest BCUT2D eigenvalue weighted by molar-refractivity contribution is -0.162. The van der Waals surface area contributed by atoms with Crippen molar-refractivity contribution in [2.75, 3.05) is 7.11 Å². The Morgan fingerprint density at radius 3 is 1.45 bits per heavy atom. The number of ether oxygens (including phenoxy) is 2. The van der Waals surface area contributed by atoms with Gasteiger partial charge in [0.15, 0.2) is 0 Å². The lowest BCUT2D eigenvalue weighted by Crippen LogP contribution is -2.62. The largest absolute Gasteiger partial charge is 0.467 e. The van der Waals surface area contributed by atoms with Gasteiger partial charge in [-0.3, -0.25) is 19.2 Å². The van der Waals surface area contributed by atoms with Crippen molar-refractivity contribution in [2.45, 2.75) is 125 Å². The van der Waals surface area contributed by atoms with E-state index >= 15 is 8.78 Å². The molecule has 4 amide bonds. The van der Waals surface area contributed by atoms with E-state index in [-0.39, 0.29) is 12.3 Å². The number of hydrogen-bond donors (Lipinski definition) is 4. The molecule has 4 N–H and O–H groups in total. The van der Waals surface area contributed by atoms with Crippen molar-refractivity contribution >= 4 is 35.6 Å². The summed E-state index contributed by atoms with van der Waals surface area (Å²) in [6.45, 7) is 17.6. The summed E-state index contributed by atoms with van der Waals surface area (Å²) in [6.07, 6.45) is -0.246. The van der Waals surface area contributed by atoms with Gasteiger partial charge in [0.25, 0.3) is 5.91 Å². The molecule has 0 rings (SSSR count). The number of nitrogens with one attached hydrogen (secondary N) is 4. The topological polar surface area (TPSA) is 169 Å². The van der Waals surface area contributed by atoms with Crippen LogP contribution in [0.2, 0.25) is 0 Å². The van der Waals surface area contributed by atoms with Crippen LogP contribution in [0.4, 0.5) is 13.6 Å². The van der Waals surface area contributed by atoms with Crippen molar-refractivity contribution in [1.82, 2.24) is 21.3 Å². The van der Waals surface area contributed by atoms with Crippen LogP contribution in [0.5, 0.6) is 0 Å². The van der Waals surface area contributed by atoms with Crippen molar-refractivity contribution < 1.29 is 47.0 Å². The molecule has 0 saturated heterocycles. The zero-order chi connectivity index (χ0) is 34.7. The van der Waals surface area contributed by atoms with Crippen molar-refractivity contribution in [2.24, 2.45) is 23.7 Å². The van der Waals surface area contributed by atoms with E-state index in [0.717, 1.165) is 7.11 Å². The molecule has 0 aromatic rings. The van der Waals surface area contributed by atoms with Crippen molar-refractivity contribution in [3.8, 4) is 0 Å². The number of rotatable bonds is 16. The van der Waals surface area contributed by atoms with Gasteiger partial charge in [0, 0.05) is 0 Å². The van der Waals surface area contributed by atoms with Crippen molar-refractivity contribution in [3.05, 3.63) is 0 Å². The zero-order valence-electron chi connectivity index (χ0n) is 28.1. The molecule has 0 spiro atoms. The Morgan fingerprint density at radius 2 is 1.07 bits per heavy atom. The third kappa shape index (κ3) is 12.0. The number of halogens is 2. The van der Waals surface area contributed by atoms with Crippen LogP contribution in [0.25, 0.3) is 0 Å². The monoisotopic (exact) mass is 634 g/mol. The summed E-state index contributed by atoms with van der Waals surface area (Å²) in [4.78, 5) is 76.8. The molecule has 0 heterocycles. The summed E-state index contributed by atoms with van der Waals surface area (Å²) in [7, 11) is 1.14. The standard InChI is InChI=1S/C30H52F2N4O8/c1-13-17(7)21(33-25(39)20(16(5)6)36-28(42)44-29(9,10)11)23(37)30(31,32)27(41)35-19(15(3)4)24(38)34-22(18(8)14-2)26(40)43-12/h15-22H,13-14H2,1-12H3,(H,33,39)(H,34,38)(H,35,41)(H,36,42)/t17?,18?,19-,20-,21-,22-/m0/s1. The fourth-order valence-electron chi connectivity index (χ4n) is 4.03. The molecule has 0 aromatic heterocycles. The van der Waals surface area contributed by atoms with E-state index in [4.69, 9.17) is 9.47 Å². The van der Waals surface area contributed by atoms with Gasteiger partial charge in [-0.2, -0.15) is 8.78 Å². The summed E-state index contributed by atoms with van der Waals surface area (Å²) in [5, 5.41) is 9.09. The summed E-state index contributed by atoms with van der Waals surface area (Å²) in [6, 6.07) is -5.67. The highest BCUT2D eigenvalue weighted by Gasteiger charge is 2.53. The maximum Gasteiger partial charge on any atom is 0.408 e. The van der Waals surface area contributed by atoms with E-state index in [9.17, 15) is 28.8 Å². The van der Waals surface area contributed by atoms with Crippen LogP contribution in [-0.2, 0) is 33.4 Å². The summed E-state index contributed by atoms with van der Waals surface area (Å²) in [5.74, 6) is -13.6. The zero-order valence-corrected chi connectivity index (χ0v) is 28.1. The fraction of sp³-hybridized carbons (Fsp3) is 0.800. The van der Waals surface area contributed by atoms with E-state index in [2.05, 4.69) is 16.0 Å². The maximum atomic E-state index is 15.5. The molecule has 0 aliphatic carbocycles. The second kappa shape index (κ2) is 17.2. The van der Waals surface area contributed by atoms with E-state index in [1.54, 1.807) is 55.4 Å². The number of ketones is 1.